The third kappa shape index (κ3) is 9.33. The minimum Gasteiger partial charge on any atom is -0.481 e. The number of aromatic amines is 1. The summed E-state index contributed by atoms with van der Waals surface area (Å²) in [7, 11) is 0. The van der Waals surface area contributed by atoms with Crippen LogP contribution in [0.3, 0.4) is 0 Å². The first-order valence-electron chi connectivity index (χ1n) is 13.6. The average molecular weight is 646 g/mol. The van der Waals surface area contributed by atoms with E-state index in [0.29, 0.717) is 39.7 Å². The van der Waals surface area contributed by atoms with E-state index in [1.807, 2.05) is 67.6 Å². The zero-order chi connectivity index (χ0) is 31.6. The van der Waals surface area contributed by atoms with E-state index in [1.165, 1.54) is 4.80 Å². The van der Waals surface area contributed by atoms with Crippen molar-refractivity contribution in [3.63, 3.8) is 0 Å². The van der Waals surface area contributed by atoms with Gasteiger partial charge in [0.1, 0.15) is 23.0 Å². The number of benzene rings is 4. The van der Waals surface area contributed by atoms with E-state index in [-0.39, 0.29) is 12.3 Å². The molecule has 6 rings (SSSR count). The number of carboxylic acid groups (broad SMARTS) is 1. The van der Waals surface area contributed by atoms with Gasteiger partial charge in [0.2, 0.25) is 11.6 Å². The number of carboxylic acids is 1. The van der Waals surface area contributed by atoms with Crippen molar-refractivity contribution in [3.05, 3.63) is 107 Å². The number of halogens is 2. The van der Waals surface area contributed by atoms with Crippen molar-refractivity contribution in [2.75, 3.05) is 0 Å². The number of hydrogen-bond acceptors (Lipinski definition) is 9. The highest BCUT2D eigenvalue weighted by Crippen LogP contribution is 2.26. The molecule has 2 aromatic heterocycles. The van der Waals surface area contributed by atoms with Crippen LogP contribution in [0.15, 0.2) is 97.1 Å². The zero-order valence-corrected chi connectivity index (χ0v) is 25.3. The van der Waals surface area contributed by atoms with Crippen molar-refractivity contribution < 1.29 is 19.4 Å². The summed E-state index contributed by atoms with van der Waals surface area (Å²) in [4.78, 5) is 12.1. The number of nitrogens with one attached hydrogen (secondary N) is 1. The van der Waals surface area contributed by atoms with Crippen molar-refractivity contribution in [1.82, 2.24) is 40.8 Å². The van der Waals surface area contributed by atoms with Crippen LogP contribution in [-0.2, 0) is 11.3 Å². The van der Waals surface area contributed by atoms with Gasteiger partial charge in [-0.25, -0.2) is 0 Å². The summed E-state index contributed by atoms with van der Waals surface area (Å²) in [5.41, 5.74) is 1.67. The maximum absolute atomic E-state index is 10.7. The van der Waals surface area contributed by atoms with Gasteiger partial charge in [0.05, 0.1) is 6.54 Å². The van der Waals surface area contributed by atoms with E-state index < -0.39 is 5.97 Å². The van der Waals surface area contributed by atoms with Crippen LogP contribution < -0.4 is 9.47 Å². The summed E-state index contributed by atoms with van der Waals surface area (Å²) in [6.07, 6.45) is 0.0631. The lowest BCUT2D eigenvalue weighted by Crippen LogP contribution is -2.14. The third-order valence-corrected chi connectivity index (χ3v) is 6.62. The Hall–Kier alpha value is -5.33. The van der Waals surface area contributed by atoms with Gasteiger partial charge in [0.15, 0.2) is 0 Å². The molecule has 12 nitrogen and oxygen atoms in total. The van der Waals surface area contributed by atoms with Gasteiger partial charge in [-0.1, -0.05) is 30.1 Å². The van der Waals surface area contributed by atoms with Crippen LogP contribution in [0.5, 0.6) is 23.0 Å². The lowest BCUT2D eigenvalue weighted by molar-refractivity contribution is -0.138. The Labute approximate surface area is 267 Å². The number of nitrogens with zero attached hydrogens (tertiary/aromatic N) is 7. The minimum atomic E-state index is -0.839. The quantitative estimate of drug-likeness (QED) is 0.156. The number of aliphatic carboxylic acids is 1. The van der Waals surface area contributed by atoms with Gasteiger partial charge in [-0.2, -0.15) is 10.0 Å². The Morgan fingerprint density at radius 1 is 0.756 bits per heavy atom. The molecule has 14 heteroatoms. The molecule has 0 aliphatic rings. The van der Waals surface area contributed by atoms with Crippen molar-refractivity contribution >= 4 is 29.2 Å². The Balaban J connectivity index is 0.000000186. The monoisotopic (exact) mass is 644 g/mol. The fourth-order valence-corrected chi connectivity index (χ4v) is 4.24. The summed E-state index contributed by atoms with van der Waals surface area (Å²) in [5, 5.41) is 36.2. The molecule has 6 aromatic rings. The lowest BCUT2D eigenvalue weighted by Gasteiger charge is -2.06. The SMILES string of the molecule is C[C@H](CC(=O)O)Cn1nnc(-c2ccc(Oc3ccc(Cl)cc3)cc2)n1.Clc1ccc(Oc2ccc(-c3nn[nH]n3)cc2)cc1. The lowest BCUT2D eigenvalue weighted by atomic mass is 10.1. The molecule has 0 amide bonds. The molecule has 1 atom stereocenters. The van der Waals surface area contributed by atoms with Gasteiger partial charge in [0, 0.05) is 27.6 Å². The smallest absolute Gasteiger partial charge is 0.303 e. The summed E-state index contributed by atoms with van der Waals surface area (Å²) in [5.74, 6) is 2.95. The Kier molecular flexibility index (Phi) is 10.3. The predicted molar refractivity (Wildman–Crippen MR) is 167 cm³/mol. The van der Waals surface area contributed by atoms with Gasteiger partial charge < -0.3 is 14.6 Å². The number of ether oxygens (including phenoxy) is 2. The highest BCUT2D eigenvalue weighted by Gasteiger charge is 2.12. The fourth-order valence-electron chi connectivity index (χ4n) is 3.98. The van der Waals surface area contributed by atoms with E-state index in [4.69, 9.17) is 37.8 Å². The van der Waals surface area contributed by atoms with E-state index in [1.54, 1.807) is 36.4 Å². The summed E-state index contributed by atoms with van der Waals surface area (Å²) < 4.78 is 11.4. The largest absolute Gasteiger partial charge is 0.481 e. The molecule has 45 heavy (non-hydrogen) atoms. The highest BCUT2D eigenvalue weighted by molar-refractivity contribution is 6.30. The second-order valence-electron chi connectivity index (χ2n) is 9.77. The number of tetrazole rings is 2. The first-order chi connectivity index (χ1) is 21.8. The van der Waals surface area contributed by atoms with Crippen molar-refractivity contribution in [1.29, 1.82) is 0 Å². The first-order valence-corrected chi connectivity index (χ1v) is 14.4. The van der Waals surface area contributed by atoms with Crippen LogP contribution in [0, 0.1) is 5.92 Å². The second-order valence-corrected chi connectivity index (χ2v) is 10.6. The molecule has 2 N–H and O–H groups in total. The van der Waals surface area contributed by atoms with E-state index >= 15 is 0 Å². The molecule has 0 spiro atoms. The molecule has 0 fully saturated rings. The predicted octanol–water partition coefficient (Wildman–Crippen LogP) is 7.21. The molecule has 0 saturated heterocycles. The van der Waals surface area contributed by atoms with Crippen LogP contribution in [-0.4, -0.2) is 51.9 Å². The van der Waals surface area contributed by atoms with Crippen LogP contribution in [0.2, 0.25) is 10.0 Å². The number of carbonyl (C=O) groups is 1. The highest BCUT2D eigenvalue weighted by atomic mass is 35.5. The Morgan fingerprint density at radius 2 is 1.22 bits per heavy atom. The first kappa shape index (κ1) is 31.1. The standard InChI is InChI=1S/C18H17ClN4O3.C13H9ClN4O/c1-12(10-17(24)25)11-23-21-18(20-22-23)13-2-6-15(7-3-13)26-16-8-4-14(19)5-9-16;14-10-3-7-12(8-4-10)19-11-5-1-9(2-6-11)13-15-17-18-16-13/h2-9,12H,10-11H2,1H3,(H,24,25);1-8H,(H,15,16,17,18)/t12-;/m1./s1. The summed E-state index contributed by atoms with van der Waals surface area (Å²) in [6.45, 7) is 2.23. The van der Waals surface area contributed by atoms with Gasteiger partial charge in [-0.05, 0) is 113 Å². The van der Waals surface area contributed by atoms with Crippen LogP contribution >= 0.6 is 23.2 Å². The molecule has 2 heterocycles. The van der Waals surface area contributed by atoms with Crippen molar-refractivity contribution in [2.24, 2.45) is 5.92 Å². The molecule has 0 aliphatic heterocycles. The zero-order valence-electron chi connectivity index (χ0n) is 23.8. The molecule has 0 unspecified atom stereocenters. The average Bonchev–Trinajstić information content (AvgIpc) is 3.74. The molecule has 0 aliphatic carbocycles. The summed E-state index contributed by atoms with van der Waals surface area (Å²) in [6, 6.07) is 29.1. The van der Waals surface area contributed by atoms with Crippen molar-refractivity contribution in [2.45, 2.75) is 19.9 Å². The molecule has 0 bridgehead atoms. The molecule has 4 aromatic carbocycles. The molecular formula is C31H26Cl2N8O4. The topological polar surface area (TPSA) is 154 Å². The van der Waals surface area contributed by atoms with E-state index in [2.05, 4.69) is 36.0 Å². The van der Waals surface area contributed by atoms with Gasteiger partial charge >= 0.3 is 5.97 Å². The molecular weight excluding hydrogens is 619 g/mol. The normalized spacial score (nSPS) is 11.3. The maximum atomic E-state index is 10.7. The second kappa shape index (κ2) is 14.9. The van der Waals surface area contributed by atoms with Gasteiger partial charge in [-0.3, -0.25) is 4.79 Å². The van der Waals surface area contributed by atoms with E-state index in [9.17, 15) is 4.79 Å². The van der Waals surface area contributed by atoms with Crippen LogP contribution in [0.4, 0.5) is 0 Å². The number of aromatic nitrogens is 8. The van der Waals surface area contributed by atoms with Crippen LogP contribution in [0.25, 0.3) is 22.8 Å². The fraction of sp³-hybridized carbons (Fsp3) is 0.129. The van der Waals surface area contributed by atoms with Gasteiger partial charge in [0.25, 0.3) is 0 Å². The Morgan fingerprint density at radius 3 is 1.67 bits per heavy atom. The number of rotatable bonds is 10. The number of hydrogen-bond donors (Lipinski definition) is 2. The summed E-state index contributed by atoms with van der Waals surface area (Å²) >= 11 is 11.7. The molecule has 228 valence electrons. The molecule has 0 saturated carbocycles. The van der Waals surface area contributed by atoms with Crippen LogP contribution in [0.1, 0.15) is 13.3 Å². The van der Waals surface area contributed by atoms with Gasteiger partial charge in [-0.15, -0.1) is 20.4 Å². The number of H-pyrrole nitrogens is 1. The maximum Gasteiger partial charge on any atom is 0.303 e. The van der Waals surface area contributed by atoms with E-state index in [0.717, 1.165) is 22.6 Å². The Bertz CT molecular complexity index is 1800. The minimum absolute atomic E-state index is 0.0631. The third-order valence-electron chi connectivity index (χ3n) is 6.12. The molecule has 0 radical (unpaired) electrons. The van der Waals surface area contributed by atoms with Crippen molar-refractivity contribution in [3.8, 4) is 45.8 Å².